The van der Waals surface area contributed by atoms with E-state index >= 15 is 0 Å². The maximum absolute atomic E-state index is 12.4. The molecular formula is C20H15N3O6. The number of nitrogens with one attached hydrogen (secondary N) is 1. The van der Waals surface area contributed by atoms with Crippen LogP contribution in [0.1, 0.15) is 10.4 Å². The molecule has 2 aromatic carbocycles. The molecule has 1 amide bonds. The van der Waals surface area contributed by atoms with Crippen molar-refractivity contribution in [1.29, 1.82) is 0 Å². The molecule has 0 saturated carbocycles. The van der Waals surface area contributed by atoms with Crippen LogP contribution in [0.4, 0.5) is 5.69 Å². The number of carbonyl (C=O) groups excluding carboxylic acids is 3. The van der Waals surface area contributed by atoms with E-state index in [9.17, 15) is 19.2 Å². The summed E-state index contributed by atoms with van der Waals surface area (Å²) < 4.78 is 11.4. The van der Waals surface area contributed by atoms with Gasteiger partial charge in [-0.3, -0.25) is 23.7 Å². The first-order valence-corrected chi connectivity index (χ1v) is 8.71. The standard InChI is InChI=1S/C20H15N3O6/c24-16(12-5-6-17-15(7-12)22-18(25)10-28-17)9-29-19(26)8-23-11-21-14-4-2-1-3-13(14)20(23)27/h1-7,11H,8-10H2,(H,22,25). The number of nitrogens with zero attached hydrogens (tertiary/aromatic N) is 2. The number of aromatic nitrogens is 2. The van der Waals surface area contributed by atoms with Crippen LogP contribution >= 0.6 is 0 Å². The van der Waals surface area contributed by atoms with Gasteiger partial charge in [-0.2, -0.15) is 0 Å². The van der Waals surface area contributed by atoms with E-state index < -0.39 is 18.4 Å². The molecule has 1 N–H and O–H groups in total. The lowest BCUT2D eigenvalue weighted by Gasteiger charge is -2.18. The van der Waals surface area contributed by atoms with Crippen molar-refractivity contribution >= 4 is 34.3 Å². The van der Waals surface area contributed by atoms with Crippen molar-refractivity contribution in [2.75, 3.05) is 18.5 Å². The molecule has 2 heterocycles. The summed E-state index contributed by atoms with van der Waals surface area (Å²) >= 11 is 0. The zero-order chi connectivity index (χ0) is 20.4. The number of ketones is 1. The van der Waals surface area contributed by atoms with E-state index in [-0.39, 0.29) is 30.2 Å². The summed E-state index contributed by atoms with van der Waals surface area (Å²) in [6.07, 6.45) is 1.26. The summed E-state index contributed by atoms with van der Waals surface area (Å²) in [5.41, 5.74) is 0.796. The van der Waals surface area contributed by atoms with E-state index in [1.54, 1.807) is 30.3 Å². The third-order valence-corrected chi connectivity index (χ3v) is 4.33. The molecule has 146 valence electrons. The lowest BCUT2D eigenvalue weighted by Crippen LogP contribution is -2.27. The highest BCUT2D eigenvalue weighted by Crippen LogP contribution is 2.28. The second kappa shape index (κ2) is 7.55. The molecule has 1 aromatic heterocycles. The van der Waals surface area contributed by atoms with Gasteiger partial charge in [0.25, 0.3) is 11.5 Å². The van der Waals surface area contributed by atoms with E-state index in [0.717, 1.165) is 4.57 Å². The van der Waals surface area contributed by atoms with Crippen molar-refractivity contribution in [2.45, 2.75) is 6.54 Å². The van der Waals surface area contributed by atoms with E-state index in [1.165, 1.54) is 18.5 Å². The van der Waals surface area contributed by atoms with Crippen LogP contribution in [0.3, 0.4) is 0 Å². The molecule has 3 aromatic rings. The number of para-hydroxylation sites is 1. The molecule has 0 bridgehead atoms. The third kappa shape index (κ3) is 3.84. The van der Waals surface area contributed by atoms with Gasteiger partial charge in [0, 0.05) is 5.56 Å². The van der Waals surface area contributed by atoms with Crippen molar-refractivity contribution in [3.8, 4) is 5.75 Å². The summed E-state index contributed by atoms with van der Waals surface area (Å²) in [6, 6.07) is 11.3. The van der Waals surface area contributed by atoms with E-state index in [0.29, 0.717) is 22.3 Å². The number of ether oxygens (including phenoxy) is 2. The molecule has 9 nitrogen and oxygen atoms in total. The molecule has 1 aliphatic rings. The Labute approximate surface area is 163 Å². The van der Waals surface area contributed by atoms with Gasteiger partial charge in [0.05, 0.1) is 22.9 Å². The highest BCUT2D eigenvalue weighted by molar-refractivity contribution is 6.01. The van der Waals surface area contributed by atoms with E-state index in [4.69, 9.17) is 9.47 Å². The molecule has 29 heavy (non-hydrogen) atoms. The van der Waals surface area contributed by atoms with Crippen LogP contribution in [0, 0.1) is 0 Å². The quantitative estimate of drug-likeness (QED) is 0.510. The molecule has 0 radical (unpaired) electrons. The van der Waals surface area contributed by atoms with Crippen molar-refractivity contribution in [3.63, 3.8) is 0 Å². The summed E-state index contributed by atoms with van der Waals surface area (Å²) in [4.78, 5) is 52.3. The molecule has 0 unspecified atom stereocenters. The maximum Gasteiger partial charge on any atom is 0.326 e. The lowest BCUT2D eigenvalue weighted by molar-refractivity contribution is -0.143. The Balaban J connectivity index is 1.40. The molecule has 0 aliphatic carbocycles. The van der Waals surface area contributed by atoms with E-state index in [2.05, 4.69) is 10.3 Å². The minimum absolute atomic E-state index is 0.0824. The van der Waals surface area contributed by atoms with Gasteiger partial charge in [0.2, 0.25) is 0 Å². The number of hydrogen-bond acceptors (Lipinski definition) is 7. The largest absolute Gasteiger partial charge is 0.482 e. The Morgan fingerprint density at radius 2 is 2.00 bits per heavy atom. The first kappa shape index (κ1) is 18.4. The summed E-state index contributed by atoms with van der Waals surface area (Å²) in [6.45, 7) is -0.943. The normalized spacial score (nSPS) is 12.6. The van der Waals surface area contributed by atoms with Crippen LogP contribution in [0.2, 0.25) is 0 Å². The zero-order valence-electron chi connectivity index (χ0n) is 15.1. The van der Waals surface area contributed by atoms with Crippen molar-refractivity contribution in [3.05, 3.63) is 64.7 Å². The topological polar surface area (TPSA) is 117 Å². The Morgan fingerprint density at radius 3 is 2.86 bits per heavy atom. The summed E-state index contributed by atoms with van der Waals surface area (Å²) in [7, 11) is 0. The second-order valence-electron chi connectivity index (χ2n) is 6.33. The van der Waals surface area contributed by atoms with Gasteiger partial charge in [-0.1, -0.05) is 12.1 Å². The van der Waals surface area contributed by atoms with Gasteiger partial charge in [0.15, 0.2) is 19.0 Å². The van der Waals surface area contributed by atoms with Gasteiger partial charge in [0.1, 0.15) is 12.3 Å². The molecule has 0 spiro atoms. The molecule has 0 fully saturated rings. The Morgan fingerprint density at radius 1 is 1.17 bits per heavy atom. The number of rotatable bonds is 5. The SMILES string of the molecule is O=C1COc2ccc(C(=O)COC(=O)Cn3cnc4ccccc4c3=O)cc2N1. The van der Waals surface area contributed by atoms with Crippen LogP contribution in [0.5, 0.6) is 5.75 Å². The number of benzene rings is 2. The zero-order valence-corrected chi connectivity index (χ0v) is 15.1. The second-order valence-corrected chi connectivity index (χ2v) is 6.33. The van der Waals surface area contributed by atoms with Gasteiger partial charge < -0.3 is 14.8 Å². The van der Waals surface area contributed by atoms with Gasteiger partial charge >= 0.3 is 5.97 Å². The highest BCUT2D eigenvalue weighted by atomic mass is 16.5. The molecule has 0 saturated heterocycles. The average molecular weight is 393 g/mol. The van der Waals surface area contributed by atoms with Crippen LogP contribution in [-0.2, 0) is 20.9 Å². The van der Waals surface area contributed by atoms with E-state index in [1.807, 2.05) is 0 Å². The summed E-state index contributed by atoms with van der Waals surface area (Å²) in [5, 5.41) is 2.99. The first-order chi connectivity index (χ1) is 14.0. The fraction of sp³-hybridized carbons (Fsp3) is 0.150. The van der Waals surface area contributed by atoms with Crippen LogP contribution < -0.4 is 15.6 Å². The predicted molar refractivity (Wildman–Crippen MR) is 102 cm³/mol. The third-order valence-electron chi connectivity index (χ3n) is 4.33. The summed E-state index contributed by atoms with van der Waals surface area (Å²) in [5.74, 6) is -1.05. The number of Topliss-reactive ketones (excluding diaryl/α,β-unsaturated/α-hetero) is 1. The average Bonchev–Trinajstić information content (AvgIpc) is 2.73. The Bertz CT molecular complexity index is 1200. The predicted octanol–water partition coefficient (Wildman–Crippen LogP) is 1.15. The molecule has 0 atom stereocenters. The molecule has 1 aliphatic heterocycles. The lowest BCUT2D eigenvalue weighted by atomic mass is 10.1. The van der Waals surface area contributed by atoms with Gasteiger partial charge in [-0.15, -0.1) is 0 Å². The Kier molecular flexibility index (Phi) is 4.78. The van der Waals surface area contributed by atoms with Gasteiger partial charge in [-0.25, -0.2) is 4.98 Å². The van der Waals surface area contributed by atoms with Crippen LogP contribution in [0.25, 0.3) is 10.9 Å². The number of amides is 1. The first-order valence-electron chi connectivity index (χ1n) is 8.71. The number of hydrogen-bond donors (Lipinski definition) is 1. The molecule has 9 heteroatoms. The fourth-order valence-corrected chi connectivity index (χ4v) is 2.89. The van der Waals surface area contributed by atoms with Crippen molar-refractivity contribution < 1.29 is 23.9 Å². The van der Waals surface area contributed by atoms with Gasteiger partial charge in [-0.05, 0) is 30.3 Å². The Hall–Kier alpha value is -4.01. The van der Waals surface area contributed by atoms with Crippen LogP contribution in [-0.4, -0.2) is 40.4 Å². The molecule has 4 rings (SSSR count). The van der Waals surface area contributed by atoms with Crippen LogP contribution in [0.15, 0.2) is 53.6 Å². The monoisotopic (exact) mass is 393 g/mol. The highest BCUT2D eigenvalue weighted by Gasteiger charge is 2.19. The minimum Gasteiger partial charge on any atom is -0.482 e. The maximum atomic E-state index is 12.4. The van der Waals surface area contributed by atoms with Crippen molar-refractivity contribution in [1.82, 2.24) is 9.55 Å². The number of carbonyl (C=O) groups is 3. The number of esters is 1. The fourth-order valence-electron chi connectivity index (χ4n) is 2.89. The smallest absolute Gasteiger partial charge is 0.326 e. The number of anilines is 1. The minimum atomic E-state index is -0.743. The number of fused-ring (bicyclic) bond motifs is 2. The molecular weight excluding hydrogens is 378 g/mol. The van der Waals surface area contributed by atoms with Crippen molar-refractivity contribution in [2.24, 2.45) is 0 Å².